The molecule has 2 aromatic rings. The number of benzene rings is 2. The molecule has 0 aliphatic rings. The van der Waals surface area contributed by atoms with Crippen LogP contribution in [0.25, 0.3) is 0 Å². The first-order chi connectivity index (χ1) is 9.61. The Bertz CT molecular complexity index is 564. The molecule has 3 heteroatoms. The highest BCUT2D eigenvalue weighted by Crippen LogP contribution is 2.33. The summed E-state index contributed by atoms with van der Waals surface area (Å²) in [6.07, 6.45) is 0.750. The topological polar surface area (TPSA) is 35.2 Å². The molecule has 0 aliphatic carbocycles. The van der Waals surface area contributed by atoms with Crippen LogP contribution in [-0.4, -0.2) is 6.54 Å². The van der Waals surface area contributed by atoms with Crippen LogP contribution in [0.4, 0.5) is 0 Å². The highest BCUT2D eigenvalue weighted by Gasteiger charge is 2.09. The van der Waals surface area contributed by atoms with Crippen molar-refractivity contribution in [1.29, 1.82) is 0 Å². The van der Waals surface area contributed by atoms with Crippen LogP contribution in [-0.2, 0) is 6.42 Å². The Kier molecular flexibility index (Phi) is 5.05. The van der Waals surface area contributed by atoms with Crippen LogP contribution in [0.3, 0.4) is 0 Å². The molecule has 0 atom stereocenters. The first-order valence-corrected chi connectivity index (χ1v) is 7.25. The van der Waals surface area contributed by atoms with Crippen molar-refractivity contribution in [2.75, 3.05) is 6.54 Å². The maximum absolute atomic E-state index is 6.23. The fourth-order valence-corrected chi connectivity index (χ4v) is 2.29. The largest absolute Gasteiger partial charge is 0.456 e. The van der Waals surface area contributed by atoms with E-state index in [1.165, 1.54) is 5.56 Å². The van der Waals surface area contributed by atoms with Crippen LogP contribution in [0.15, 0.2) is 42.5 Å². The predicted octanol–water partition coefficient (Wildman–Crippen LogP) is 4.76. The number of ether oxygens (including phenoxy) is 1. The smallest absolute Gasteiger partial charge is 0.149 e. The molecule has 0 bridgehead atoms. The number of halogens is 1. The summed E-state index contributed by atoms with van der Waals surface area (Å²) in [5.41, 5.74) is 7.95. The van der Waals surface area contributed by atoms with Crippen molar-refractivity contribution < 1.29 is 4.74 Å². The molecule has 2 rings (SSSR count). The van der Waals surface area contributed by atoms with Gasteiger partial charge in [-0.2, -0.15) is 0 Å². The summed E-state index contributed by atoms with van der Waals surface area (Å²) < 4.78 is 5.94. The molecule has 0 fully saturated rings. The van der Waals surface area contributed by atoms with Crippen molar-refractivity contribution >= 4 is 11.6 Å². The molecule has 2 nitrogen and oxygen atoms in total. The normalized spacial score (nSPS) is 10.8. The second-order valence-corrected chi connectivity index (χ2v) is 5.50. The molecular weight excluding hydrogens is 270 g/mol. The van der Waals surface area contributed by atoms with E-state index in [0.29, 0.717) is 23.2 Å². The van der Waals surface area contributed by atoms with E-state index < -0.39 is 0 Å². The van der Waals surface area contributed by atoms with Crippen LogP contribution in [0.1, 0.15) is 30.9 Å². The molecule has 0 aromatic heterocycles. The third-order valence-electron chi connectivity index (χ3n) is 3.23. The number of hydrogen-bond acceptors (Lipinski definition) is 2. The second kappa shape index (κ2) is 6.78. The summed E-state index contributed by atoms with van der Waals surface area (Å²) in [6, 6.07) is 13.9. The average Bonchev–Trinajstić information content (AvgIpc) is 2.43. The van der Waals surface area contributed by atoms with Gasteiger partial charge >= 0.3 is 0 Å². The van der Waals surface area contributed by atoms with Crippen molar-refractivity contribution in [3.8, 4) is 11.5 Å². The first kappa shape index (κ1) is 14.9. The van der Waals surface area contributed by atoms with Crippen molar-refractivity contribution in [3.63, 3.8) is 0 Å². The van der Waals surface area contributed by atoms with E-state index >= 15 is 0 Å². The van der Waals surface area contributed by atoms with Gasteiger partial charge in [0, 0.05) is 0 Å². The fourth-order valence-electron chi connectivity index (χ4n) is 2.06. The van der Waals surface area contributed by atoms with Gasteiger partial charge in [-0.15, -0.1) is 0 Å². The predicted molar refractivity (Wildman–Crippen MR) is 84.8 cm³/mol. The summed E-state index contributed by atoms with van der Waals surface area (Å²) in [7, 11) is 0. The van der Waals surface area contributed by atoms with Crippen molar-refractivity contribution in [1.82, 2.24) is 0 Å². The minimum atomic E-state index is 0.511. The van der Waals surface area contributed by atoms with E-state index in [1.54, 1.807) is 0 Å². The molecule has 0 saturated heterocycles. The lowest BCUT2D eigenvalue weighted by molar-refractivity contribution is 0.476. The molecule has 0 aliphatic heterocycles. The van der Waals surface area contributed by atoms with Crippen LogP contribution in [0, 0.1) is 0 Å². The highest BCUT2D eigenvalue weighted by atomic mass is 35.5. The summed E-state index contributed by atoms with van der Waals surface area (Å²) in [5.74, 6) is 2.01. The first-order valence-electron chi connectivity index (χ1n) is 6.87. The van der Waals surface area contributed by atoms with Crippen LogP contribution < -0.4 is 10.5 Å². The van der Waals surface area contributed by atoms with E-state index in [1.807, 2.05) is 30.3 Å². The third kappa shape index (κ3) is 3.53. The minimum absolute atomic E-state index is 0.511. The minimum Gasteiger partial charge on any atom is -0.456 e. The third-order valence-corrected chi connectivity index (χ3v) is 3.53. The Balaban J connectivity index is 2.25. The summed E-state index contributed by atoms with van der Waals surface area (Å²) in [6.45, 7) is 4.91. The SMILES string of the molecule is CC(C)c1ccc(Oc2c(Cl)cccc2CCN)cc1. The Labute approximate surface area is 125 Å². The van der Waals surface area contributed by atoms with Crippen molar-refractivity contribution in [2.24, 2.45) is 5.73 Å². The van der Waals surface area contributed by atoms with E-state index in [-0.39, 0.29) is 0 Å². The zero-order valence-corrected chi connectivity index (χ0v) is 12.7. The maximum Gasteiger partial charge on any atom is 0.149 e. The van der Waals surface area contributed by atoms with Gasteiger partial charge in [0.25, 0.3) is 0 Å². The number of rotatable bonds is 5. The zero-order valence-electron chi connectivity index (χ0n) is 11.9. The molecule has 2 N–H and O–H groups in total. The molecule has 106 valence electrons. The van der Waals surface area contributed by atoms with Gasteiger partial charge in [-0.05, 0) is 48.2 Å². The summed E-state index contributed by atoms with van der Waals surface area (Å²) in [4.78, 5) is 0. The maximum atomic E-state index is 6.23. The molecule has 0 spiro atoms. The van der Waals surface area contributed by atoms with E-state index in [0.717, 1.165) is 17.7 Å². The van der Waals surface area contributed by atoms with E-state index in [2.05, 4.69) is 26.0 Å². The van der Waals surface area contributed by atoms with Gasteiger partial charge in [0.1, 0.15) is 11.5 Å². The number of hydrogen-bond donors (Lipinski definition) is 1. The molecule has 0 radical (unpaired) electrons. The van der Waals surface area contributed by atoms with E-state index in [9.17, 15) is 0 Å². The number of para-hydroxylation sites is 1. The van der Waals surface area contributed by atoms with Gasteiger partial charge in [-0.3, -0.25) is 0 Å². The number of nitrogens with two attached hydrogens (primary N) is 1. The van der Waals surface area contributed by atoms with Gasteiger partial charge in [0.15, 0.2) is 0 Å². The molecular formula is C17H20ClNO. The zero-order chi connectivity index (χ0) is 14.5. The second-order valence-electron chi connectivity index (χ2n) is 5.09. The monoisotopic (exact) mass is 289 g/mol. The van der Waals surface area contributed by atoms with Crippen molar-refractivity contribution in [3.05, 3.63) is 58.6 Å². The van der Waals surface area contributed by atoms with Crippen LogP contribution >= 0.6 is 11.6 Å². The quantitative estimate of drug-likeness (QED) is 0.861. The van der Waals surface area contributed by atoms with Gasteiger partial charge in [0.05, 0.1) is 5.02 Å². The Hall–Kier alpha value is -1.51. The lowest BCUT2D eigenvalue weighted by Crippen LogP contribution is -2.04. The van der Waals surface area contributed by atoms with Crippen LogP contribution in [0.2, 0.25) is 5.02 Å². The summed E-state index contributed by atoms with van der Waals surface area (Å²) in [5, 5.41) is 0.615. The van der Waals surface area contributed by atoms with Gasteiger partial charge in [0.2, 0.25) is 0 Å². The summed E-state index contributed by atoms with van der Waals surface area (Å²) >= 11 is 6.23. The van der Waals surface area contributed by atoms with Crippen LogP contribution in [0.5, 0.6) is 11.5 Å². The van der Waals surface area contributed by atoms with Gasteiger partial charge in [-0.25, -0.2) is 0 Å². The van der Waals surface area contributed by atoms with Gasteiger partial charge < -0.3 is 10.5 Å². The Morgan fingerprint density at radius 2 is 1.80 bits per heavy atom. The lowest BCUT2D eigenvalue weighted by Gasteiger charge is -2.13. The Morgan fingerprint density at radius 1 is 1.10 bits per heavy atom. The Morgan fingerprint density at radius 3 is 2.40 bits per heavy atom. The lowest BCUT2D eigenvalue weighted by atomic mass is 10.0. The molecule has 0 saturated carbocycles. The highest BCUT2D eigenvalue weighted by molar-refractivity contribution is 6.32. The molecule has 2 aromatic carbocycles. The van der Waals surface area contributed by atoms with Gasteiger partial charge in [-0.1, -0.05) is 49.7 Å². The standard InChI is InChI=1S/C17H20ClNO/c1-12(2)13-6-8-15(9-7-13)20-17-14(10-11-19)4-3-5-16(17)18/h3-9,12H,10-11,19H2,1-2H3. The van der Waals surface area contributed by atoms with E-state index in [4.69, 9.17) is 22.1 Å². The molecule has 0 heterocycles. The molecule has 20 heavy (non-hydrogen) atoms. The average molecular weight is 290 g/mol. The molecule has 0 unspecified atom stereocenters. The fraction of sp³-hybridized carbons (Fsp3) is 0.294. The molecule has 0 amide bonds. The van der Waals surface area contributed by atoms with Crippen molar-refractivity contribution in [2.45, 2.75) is 26.2 Å².